The molecule has 1 atom stereocenters. The van der Waals surface area contributed by atoms with Crippen LogP contribution in [0.15, 0.2) is 51.7 Å². The van der Waals surface area contributed by atoms with Gasteiger partial charge in [-0.15, -0.1) is 0 Å². The van der Waals surface area contributed by atoms with Crippen molar-refractivity contribution in [3.8, 4) is 0 Å². The van der Waals surface area contributed by atoms with Gasteiger partial charge in [0.15, 0.2) is 5.92 Å². The van der Waals surface area contributed by atoms with E-state index in [0.29, 0.717) is 21.7 Å². The van der Waals surface area contributed by atoms with Crippen LogP contribution in [0.1, 0.15) is 11.6 Å². The maximum Gasteiger partial charge on any atom is 0.323 e. The van der Waals surface area contributed by atoms with Crippen molar-refractivity contribution >= 4 is 61.9 Å². The standard InChI is InChI=1S/C19H13BrClN3O5/c1-29-19(28)14(16(25)18(27)22-11-5-2-9(20)3-6-11)15-17(26)24-13-8-10(21)4-7-12(13)23-15/h2-8,14H,1H3,(H,22,27)(H,24,26)/t14-/m1/s1. The van der Waals surface area contributed by atoms with E-state index in [1.165, 1.54) is 18.2 Å². The molecule has 1 heterocycles. The molecule has 1 aromatic heterocycles. The Morgan fingerprint density at radius 3 is 2.52 bits per heavy atom. The van der Waals surface area contributed by atoms with Gasteiger partial charge in [0.1, 0.15) is 5.69 Å². The average Bonchev–Trinajstić information content (AvgIpc) is 2.70. The molecule has 0 aliphatic rings. The first-order chi connectivity index (χ1) is 13.8. The van der Waals surface area contributed by atoms with Crippen LogP contribution in [0.5, 0.6) is 0 Å². The Labute approximate surface area is 177 Å². The van der Waals surface area contributed by atoms with Gasteiger partial charge >= 0.3 is 5.97 Å². The molecule has 0 fully saturated rings. The number of methoxy groups -OCH3 is 1. The highest BCUT2D eigenvalue weighted by Gasteiger charge is 2.37. The van der Waals surface area contributed by atoms with Crippen LogP contribution in [0.3, 0.4) is 0 Å². The van der Waals surface area contributed by atoms with Gasteiger partial charge in [-0.05, 0) is 42.5 Å². The molecule has 0 bridgehead atoms. The van der Waals surface area contributed by atoms with Gasteiger partial charge in [-0.1, -0.05) is 27.5 Å². The number of hydrogen-bond donors (Lipinski definition) is 2. The van der Waals surface area contributed by atoms with Crippen molar-refractivity contribution in [2.45, 2.75) is 5.92 Å². The van der Waals surface area contributed by atoms with Gasteiger partial charge in [0.25, 0.3) is 11.5 Å². The fourth-order valence-corrected chi connectivity index (χ4v) is 3.02. The number of rotatable bonds is 5. The zero-order chi connectivity index (χ0) is 21.1. The summed E-state index contributed by atoms with van der Waals surface area (Å²) in [6, 6.07) is 11.0. The number of halogens is 2. The zero-order valence-corrected chi connectivity index (χ0v) is 17.2. The SMILES string of the molecule is COC(=O)[C@@H](C(=O)C(=O)Nc1ccc(Br)cc1)c1nc2ccc(Cl)cc2[nH]c1=O. The number of nitrogens with one attached hydrogen (secondary N) is 2. The quantitative estimate of drug-likeness (QED) is 0.331. The lowest BCUT2D eigenvalue weighted by Crippen LogP contribution is -2.37. The van der Waals surface area contributed by atoms with E-state index >= 15 is 0 Å². The molecule has 0 aliphatic heterocycles. The van der Waals surface area contributed by atoms with Crippen molar-refractivity contribution < 1.29 is 19.1 Å². The Bertz CT molecular complexity index is 1180. The molecule has 0 aliphatic carbocycles. The minimum absolute atomic E-state index is 0.291. The molecule has 148 valence electrons. The molecule has 8 nitrogen and oxygen atoms in total. The summed E-state index contributed by atoms with van der Waals surface area (Å²) in [4.78, 5) is 56.5. The van der Waals surface area contributed by atoms with E-state index < -0.39 is 34.8 Å². The van der Waals surface area contributed by atoms with Crippen LogP contribution in [0.4, 0.5) is 5.69 Å². The second kappa shape index (κ2) is 8.54. The van der Waals surface area contributed by atoms with Gasteiger partial charge in [0.05, 0.1) is 18.1 Å². The molecule has 29 heavy (non-hydrogen) atoms. The summed E-state index contributed by atoms with van der Waals surface area (Å²) in [5, 5.41) is 2.76. The molecule has 0 saturated carbocycles. The van der Waals surface area contributed by atoms with Crippen molar-refractivity contribution in [3.05, 3.63) is 68.0 Å². The number of hydrogen-bond acceptors (Lipinski definition) is 6. The van der Waals surface area contributed by atoms with Crippen molar-refractivity contribution in [1.29, 1.82) is 0 Å². The van der Waals surface area contributed by atoms with Crippen molar-refractivity contribution in [2.24, 2.45) is 0 Å². The number of carbonyl (C=O) groups is 3. The third-order valence-corrected chi connectivity index (χ3v) is 4.74. The minimum atomic E-state index is -1.82. The van der Waals surface area contributed by atoms with Crippen LogP contribution in [0.2, 0.25) is 5.02 Å². The summed E-state index contributed by atoms with van der Waals surface area (Å²) in [6.45, 7) is 0. The highest BCUT2D eigenvalue weighted by atomic mass is 79.9. The number of ketones is 1. The number of Topliss-reactive ketones (excluding diaryl/α,β-unsaturated/α-hetero) is 1. The molecular formula is C19H13BrClN3O5. The largest absolute Gasteiger partial charge is 0.468 e. The number of benzene rings is 2. The van der Waals surface area contributed by atoms with E-state index in [9.17, 15) is 19.2 Å². The molecule has 0 saturated heterocycles. The third kappa shape index (κ3) is 4.52. The first-order valence-electron chi connectivity index (χ1n) is 8.18. The maximum absolute atomic E-state index is 12.7. The van der Waals surface area contributed by atoms with Crippen molar-refractivity contribution in [3.63, 3.8) is 0 Å². The average molecular weight is 479 g/mol. The molecule has 3 rings (SSSR count). The Morgan fingerprint density at radius 1 is 1.17 bits per heavy atom. The lowest BCUT2D eigenvalue weighted by atomic mass is 9.99. The molecular weight excluding hydrogens is 466 g/mol. The number of nitrogens with zero attached hydrogens (tertiary/aromatic N) is 1. The fourth-order valence-electron chi connectivity index (χ4n) is 2.59. The summed E-state index contributed by atoms with van der Waals surface area (Å²) in [5.74, 6) is -5.15. The van der Waals surface area contributed by atoms with E-state index in [4.69, 9.17) is 11.6 Å². The van der Waals surface area contributed by atoms with E-state index in [1.54, 1.807) is 24.3 Å². The number of carbonyl (C=O) groups excluding carboxylic acids is 3. The smallest absolute Gasteiger partial charge is 0.323 e. The van der Waals surface area contributed by atoms with Crippen LogP contribution < -0.4 is 10.9 Å². The zero-order valence-electron chi connectivity index (χ0n) is 14.9. The van der Waals surface area contributed by atoms with E-state index in [1.807, 2.05) is 0 Å². The predicted molar refractivity (Wildman–Crippen MR) is 110 cm³/mol. The van der Waals surface area contributed by atoms with Crippen molar-refractivity contribution in [2.75, 3.05) is 12.4 Å². The van der Waals surface area contributed by atoms with E-state index in [0.717, 1.165) is 11.6 Å². The van der Waals surface area contributed by atoms with Gasteiger partial charge in [0.2, 0.25) is 5.78 Å². The summed E-state index contributed by atoms with van der Waals surface area (Å²) >= 11 is 9.15. The Hall–Kier alpha value is -3.04. The highest BCUT2D eigenvalue weighted by molar-refractivity contribution is 9.10. The van der Waals surface area contributed by atoms with Gasteiger partial charge < -0.3 is 15.0 Å². The summed E-state index contributed by atoms with van der Waals surface area (Å²) in [7, 11) is 1.05. The van der Waals surface area contributed by atoms with Gasteiger partial charge in [-0.25, -0.2) is 4.98 Å². The van der Waals surface area contributed by atoms with Crippen molar-refractivity contribution in [1.82, 2.24) is 9.97 Å². The number of anilines is 1. The van der Waals surface area contributed by atoms with Gasteiger partial charge in [-0.2, -0.15) is 0 Å². The molecule has 0 radical (unpaired) electrons. The maximum atomic E-state index is 12.7. The monoisotopic (exact) mass is 477 g/mol. The minimum Gasteiger partial charge on any atom is -0.468 e. The predicted octanol–water partition coefficient (Wildman–Crippen LogP) is 2.80. The van der Waals surface area contributed by atoms with Crippen LogP contribution in [0, 0.1) is 0 Å². The molecule has 0 unspecified atom stereocenters. The third-order valence-electron chi connectivity index (χ3n) is 3.98. The number of amides is 1. The molecule has 2 N–H and O–H groups in total. The fraction of sp³-hybridized carbons (Fsp3) is 0.105. The lowest BCUT2D eigenvalue weighted by Gasteiger charge is -2.13. The Balaban J connectivity index is 1.99. The lowest BCUT2D eigenvalue weighted by molar-refractivity contribution is -0.148. The molecule has 2 aromatic carbocycles. The van der Waals surface area contributed by atoms with Crippen LogP contribution >= 0.6 is 27.5 Å². The normalized spacial score (nSPS) is 11.7. The number of aromatic amines is 1. The first-order valence-corrected chi connectivity index (χ1v) is 9.35. The second-order valence-corrected chi connectivity index (χ2v) is 7.25. The number of fused-ring (bicyclic) bond motifs is 1. The van der Waals surface area contributed by atoms with Gasteiger partial charge in [0, 0.05) is 15.2 Å². The Morgan fingerprint density at radius 2 is 1.86 bits per heavy atom. The number of ether oxygens (including phenoxy) is 1. The molecule has 10 heteroatoms. The number of aromatic nitrogens is 2. The number of esters is 1. The van der Waals surface area contributed by atoms with Crippen LogP contribution in [-0.2, 0) is 19.1 Å². The Kier molecular flexibility index (Phi) is 6.09. The van der Waals surface area contributed by atoms with E-state index in [-0.39, 0.29) is 0 Å². The molecule has 0 spiro atoms. The summed E-state index contributed by atoms with van der Waals surface area (Å²) < 4.78 is 5.41. The molecule has 1 amide bonds. The number of H-pyrrole nitrogens is 1. The summed E-state index contributed by atoms with van der Waals surface area (Å²) in [5.41, 5.74) is -0.298. The van der Waals surface area contributed by atoms with Crippen LogP contribution in [-0.4, -0.2) is 34.7 Å². The first kappa shape index (κ1) is 20.7. The van der Waals surface area contributed by atoms with Crippen LogP contribution in [0.25, 0.3) is 11.0 Å². The highest BCUT2D eigenvalue weighted by Crippen LogP contribution is 2.20. The van der Waals surface area contributed by atoms with Gasteiger partial charge in [-0.3, -0.25) is 19.2 Å². The summed E-state index contributed by atoms with van der Waals surface area (Å²) in [6.07, 6.45) is 0. The van der Waals surface area contributed by atoms with E-state index in [2.05, 4.69) is 36.0 Å². The second-order valence-electron chi connectivity index (χ2n) is 5.89. The molecule has 3 aromatic rings. The topological polar surface area (TPSA) is 118 Å².